The Morgan fingerprint density at radius 3 is 2.56 bits per heavy atom. The minimum atomic E-state index is -0.348. The average molecular weight is 406 g/mol. The molecule has 0 aliphatic carbocycles. The van der Waals surface area contributed by atoms with Gasteiger partial charge < -0.3 is 5.32 Å². The molecule has 0 bridgehead atoms. The molecular formula is C18H17Cl2N5O2. The molecule has 0 saturated carbocycles. The molecule has 0 radical (unpaired) electrons. The zero-order valence-corrected chi connectivity index (χ0v) is 16.3. The van der Waals surface area contributed by atoms with Crippen molar-refractivity contribution in [3.63, 3.8) is 0 Å². The second-order valence-electron chi connectivity index (χ2n) is 5.97. The third-order valence-electron chi connectivity index (χ3n) is 3.86. The molecule has 0 saturated heterocycles. The molecule has 0 aliphatic heterocycles. The van der Waals surface area contributed by atoms with E-state index in [-0.39, 0.29) is 29.6 Å². The first-order valence-corrected chi connectivity index (χ1v) is 8.96. The number of hydrogen-bond acceptors (Lipinski definition) is 4. The maximum Gasteiger partial charge on any atom is 0.266 e. The van der Waals surface area contributed by atoms with Crippen LogP contribution in [0.1, 0.15) is 21.7 Å². The van der Waals surface area contributed by atoms with Gasteiger partial charge in [0.25, 0.3) is 11.5 Å². The number of carbonyl (C=O) groups excluding carboxylic acids is 1. The lowest BCUT2D eigenvalue weighted by atomic mass is 10.2. The molecule has 1 aromatic carbocycles. The Bertz CT molecular complexity index is 1060. The second-order valence-corrected chi connectivity index (χ2v) is 6.82. The third-order valence-corrected chi connectivity index (χ3v) is 4.41. The van der Waals surface area contributed by atoms with Crippen LogP contribution in [-0.2, 0) is 6.54 Å². The van der Waals surface area contributed by atoms with Crippen molar-refractivity contribution < 1.29 is 4.79 Å². The number of halogens is 2. The number of nitrogens with zero attached hydrogens (tertiary/aromatic N) is 4. The Balaban J connectivity index is 1.71. The van der Waals surface area contributed by atoms with Gasteiger partial charge in [-0.2, -0.15) is 5.10 Å². The number of rotatable bonds is 5. The molecular weight excluding hydrogens is 389 g/mol. The monoisotopic (exact) mass is 405 g/mol. The molecule has 0 atom stereocenters. The van der Waals surface area contributed by atoms with Gasteiger partial charge in [-0.05, 0) is 44.2 Å². The molecule has 2 aromatic heterocycles. The van der Waals surface area contributed by atoms with Gasteiger partial charge in [0.1, 0.15) is 0 Å². The van der Waals surface area contributed by atoms with Crippen LogP contribution >= 0.6 is 23.2 Å². The highest BCUT2D eigenvalue weighted by atomic mass is 35.5. The molecule has 1 N–H and O–H groups in total. The van der Waals surface area contributed by atoms with Crippen molar-refractivity contribution in [3.05, 3.63) is 73.7 Å². The number of aromatic nitrogens is 4. The van der Waals surface area contributed by atoms with Gasteiger partial charge in [0.15, 0.2) is 5.82 Å². The van der Waals surface area contributed by atoms with Crippen molar-refractivity contribution in [2.75, 3.05) is 6.54 Å². The summed E-state index contributed by atoms with van der Waals surface area (Å²) in [5.41, 5.74) is 1.83. The van der Waals surface area contributed by atoms with Crippen molar-refractivity contribution in [2.45, 2.75) is 20.4 Å². The number of hydrogen-bond donors (Lipinski definition) is 1. The van der Waals surface area contributed by atoms with Crippen LogP contribution in [0, 0.1) is 13.8 Å². The van der Waals surface area contributed by atoms with Crippen LogP contribution in [0.5, 0.6) is 0 Å². The smallest absolute Gasteiger partial charge is 0.266 e. The lowest BCUT2D eigenvalue weighted by Gasteiger charge is -2.10. The molecule has 140 valence electrons. The van der Waals surface area contributed by atoms with Gasteiger partial charge in [0.05, 0.1) is 22.8 Å². The van der Waals surface area contributed by atoms with Gasteiger partial charge in [0, 0.05) is 23.3 Å². The van der Waals surface area contributed by atoms with E-state index in [4.69, 9.17) is 23.2 Å². The summed E-state index contributed by atoms with van der Waals surface area (Å²) in [6, 6.07) is 9.61. The molecule has 0 spiro atoms. The van der Waals surface area contributed by atoms with Crippen LogP contribution < -0.4 is 10.9 Å². The average Bonchev–Trinajstić information content (AvgIpc) is 2.94. The topological polar surface area (TPSA) is 81.8 Å². The van der Waals surface area contributed by atoms with E-state index < -0.39 is 0 Å². The van der Waals surface area contributed by atoms with Crippen LogP contribution in [0.4, 0.5) is 0 Å². The van der Waals surface area contributed by atoms with E-state index in [0.29, 0.717) is 16.4 Å². The third kappa shape index (κ3) is 4.37. The number of nitrogens with one attached hydrogen (secondary N) is 1. The molecule has 7 nitrogen and oxygen atoms in total. The Kier molecular flexibility index (Phi) is 5.62. The number of carbonyl (C=O) groups is 1. The number of aryl methyl sites for hydroxylation is 2. The molecule has 3 aromatic rings. The van der Waals surface area contributed by atoms with Gasteiger partial charge in [-0.25, -0.2) is 9.36 Å². The second kappa shape index (κ2) is 7.94. The molecule has 27 heavy (non-hydrogen) atoms. The first-order valence-electron chi connectivity index (χ1n) is 8.20. The lowest BCUT2D eigenvalue weighted by Crippen LogP contribution is -2.32. The first-order chi connectivity index (χ1) is 12.8. The van der Waals surface area contributed by atoms with Crippen molar-refractivity contribution in [1.29, 1.82) is 0 Å². The highest BCUT2D eigenvalue weighted by molar-refractivity contribution is 6.36. The van der Waals surface area contributed by atoms with E-state index in [1.165, 1.54) is 16.8 Å². The van der Waals surface area contributed by atoms with Crippen molar-refractivity contribution in [1.82, 2.24) is 24.9 Å². The molecule has 0 aliphatic rings. The summed E-state index contributed by atoms with van der Waals surface area (Å²) in [7, 11) is 0. The normalized spacial score (nSPS) is 10.8. The van der Waals surface area contributed by atoms with E-state index in [0.717, 1.165) is 11.4 Å². The Labute approximate surface area is 165 Å². The molecule has 2 heterocycles. The highest BCUT2D eigenvalue weighted by Gasteiger charge is 2.11. The zero-order chi connectivity index (χ0) is 19.6. The largest absolute Gasteiger partial charge is 0.350 e. The predicted octanol–water partition coefficient (Wildman–Crippen LogP) is 2.78. The Hall–Kier alpha value is -2.64. The van der Waals surface area contributed by atoms with E-state index in [1.54, 1.807) is 22.9 Å². The maximum absolute atomic E-state index is 12.2. The minimum Gasteiger partial charge on any atom is -0.350 e. The van der Waals surface area contributed by atoms with Crippen LogP contribution in [0.2, 0.25) is 10.0 Å². The van der Waals surface area contributed by atoms with E-state index in [2.05, 4.69) is 15.5 Å². The van der Waals surface area contributed by atoms with E-state index >= 15 is 0 Å². The minimum absolute atomic E-state index is 0.211. The van der Waals surface area contributed by atoms with Gasteiger partial charge in [0.2, 0.25) is 0 Å². The summed E-state index contributed by atoms with van der Waals surface area (Å²) < 4.78 is 2.95. The summed E-state index contributed by atoms with van der Waals surface area (Å²) in [5.74, 6) is 0.187. The molecule has 9 heteroatoms. The van der Waals surface area contributed by atoms with Crippen LogP contribution in [0.15, 0.2) is 41.2 Å². The number of amides is 1. The summed E-state index contributed by atoms with van der Waals surface area (Å²) in [6.45, 7) is 4.22. The van der Waals surface area contributed by atoms with Crippen LogP contribution in [-0.4, -0.2) is 32.0 Å². The standard InChI is InChI=1S/C18H17Cl2N5O2/c1-11-9-12(2)25(22-11)16-5-6-17(26)24(23-16)8-7-21-18(27)14-4-3-13(19)10-15(14)20/h3-6,9-10H,7-8H2,1-2H3,(H,21,27). The van der Waals surface area contributed by atoms with Gasteiger partial charge >= 0.3 is 0 Å². The summed E-state index contributed by atoms with van der Waals surface area (Å²) >= 11 is 11.9. The molecule has 0 unspecified atom stereocenters. The summed E-state index contributed by atoms with van der Waals surface area (Å²) in [5, 5.41) is 12.1. The fourth-order valence-corrected chi connectivity index (χ4v) is 3.11. The van der Waals surface area contributed by atoms with Crippen molar-refractivity contribution in [2.24, 2.45) is 0 Å². The zero-order valence-electron chi connectivity index (χ0n) is 14.7. The lowest BCUT2D eigenvalue weighted by molar-refractivity contribution is 0.0952. The van der Waals surface area contributed by atoms with Crippen LogP contribution in [0.3, 0.4) is 0 Å². The molecule has 0 fully saturated rings. The van der Waals surface area contributed by atoms with E-state index in [9.17, 15) is 9.59 Å². The number of benzene rings is 1. The summed E-state index contributed by atoms with van der Waals surface area (Å²) in [4.78, 5) is 24.3. The SMILES string of the molecule is Cc1cc(C)n(-c2ccc(=O)n(CCNC(=O)c3ccc(Cl)cc3Cl)n2)n1. The summed E-state index contributed by atoms with van der Waals surface area (Å²) in [6.07, 6.45) is 0. The van der Waals surface area contributed by atoms with E-state index in [1.807, 2.05) is 19.9 Å². The fourth-order valence-electron chi connectivity index (χ4n) is 2.62. The first kappa shape index (κ1) is 19.1. The molecule has 3 rings (SSSR count). The Morgan fingerprint density at radius 2 is 1.89 bits per heavy atom. The van der Waals surface area contributed by atoms with Gasteiger partial charge in [-0.3, -0.25) is 9.59 Å². The van der Waals surface area contributed by atoms with Crippen molar-refractivity contribution in [3.8, 4) is 5.82 Å². The maximum atomic E-state index is 12.2. The highest BCUT2D eigenvalue weighted by Crippen LogP contribution is 2.20. The quantitative estimate of drug-likeness (QED) is 0.707. The van der Waals surface area contributed by atoms with Crippen molar-refractivity contribution >= 4 is 29.1 Å². The Morgan fingerprint density at radius 1 is 1.11 bits per heavy atom. The fraction of sp³-hybridized carbons (Fsp3) is 0.222. The van der Waals surface area contributed by atoms with Crippen LogP contribution in [0.25, 0.3) is 5.82 Å². The predicted molar refractivity (Wildman–Crippen MR) is 104 cm³/mol. The van der Waals surface area contributed by atoms with Gasteiger partial charge in [-0.15, -0.1) is 5.10 Å². The molecule has 1 amide bonds. The van der Waals surface area contributed by atoms with Gasteiger partial charge in [-0.1, -0.05) is 23.2 Å².